The third-order valence-corrected chi connectivity index (χ3v) is 3.85. The lowest BCUT2D eigenvalue weighted by molar-refractivity contribution is -0.127. The highest BCUT2D eigenvalue weighted by Gasteiger charge is 2.11. The molecule has 7 heteroatoms. The summed E-state index contributed by atoms with van der Waals surface area (Å²) in [4.78, 5) is 19.8. The Bertz CT molecular complexity index is 794. The van der Waals surface area contributed by atoms with E-state index in [9.17, 15) is 4.79 Å². The van der Waals surface area contributed by atoms with Crippen LogP contribution in [0.15, 0.2) is 59.9 Å². The average Bonchev–Trinajstić information content (AvgIpc) is 3.10. The van der Waals surface area contributed by atoms with Crippen molar-refractivity contribution in [3.63, 3.8) is 0 Å². The van der Waals surface area contributed by atoms with Crippen LogP contribution in [0.5, 0.6) is 0 Å². The van der Waals surface area contributed by atoms with Crippen LogP contribution < -0.4 is 5.32 Å². The van der Waals surface area contributed by atoms with Gasteiger partial charge >= 0.3 is 0 Å². The lowest BCUT2D eigenvalue weighted by atomic mass is 10.3. The largest absolute Gasteiger partial charge is 0.353 e. The Hall–Kier alpha value is -3.09. The van der Waals surface area contributed by atoms with Crippen LogP contribution in [0.4, 0.5) is 0 Å². The molecule has 2 aromatic rings. The second-order valence-electron chi connectivity index (χ2n) is 6.72. The smallest absolute Gasteiger partial charge is 0.243 e. The zero-order valence-electron chi connectivity index (χ0n) is 16.5. The third kappa shape index (κ3) is 6.29. The van der Waals surface area contributed by atoms with Crippen LogP contribution in [0.25, 0.3) is 5.69 Å². The molecule has 0 aliphatic carbocycles. The first-order chi connectivity index (χ1) is 12.9. The summed E-state index contributed by atoms with van der Waals surface area (Å²) < 4.78 is 1.84. The molecule has 0 spiro atoms. The minimum atomic E-state index is -0.0464. The van der Waals surface area contributed by atoms with Crippen molar-refractivity contribution in [2.75, 3.05) is 34.2 Å². The molecule has 0 aliphatic rings. The van der Waals surface area contributed by atoms with Gasteiger partial charge in [0.15, 0.2) is 5.96 Å². The van der Waals surface area contributed by atoms with Crippen LogP contribution in [-0.4, -0.2) is 65.7 Å². The van der Waals surface area contributed by atoms with Crippen molar-refractivity contribution in [1.82, 2.24) is 24.9 Å². The summed E-state index contributed by atoms with van der Waals surface area (Å²) in [5.41, 5.74) is 3.05. The first kappa shape index (κ1) is 20.2. The van der Waals surface area contributed by atoms with Crippen molar-refractivity contribution in [3.8, 4) is 5.69 Å². The Balaban J connectivity index is 2.09. The van der Waals surface area contributed by atoms with Gasteiger partial charge in [0.05, 0.1) is 11.9 Å². The number of para-hydroxylation sites is 1. The van der Waals surface area contributed by atoms with Gasteiger partial charge in [0.1, 0.15) is 6.54 Å². The maximum absolute atomic E-state index is 11.9. The molecular weight excluding hydrogens is 340 g/mol. The molecular formula is C20H28N6O. The molecule has 0 bridgehead atoms. The van der Waals surface area contributed by atoms with Gasteiger partial charge in [-0.3, -0.25) is 4.79 Å². The highest BCUT2D eigenvalue weighted by molar-refractivity contribution is 5.84. The van der Waals surface area contributed by atoms with Crippen LogP contribution in [0.2, 0.25) is 0 Å². The highest BCUT2D eigenvalue weighted by atomic mass is 16.2. The van der Waals surface area contributed by atoms with E-state index in [-0.39, 0.29) is 12.5 Å². The van der Waals surface area contributed by atoms with Crippen molar-refractivity contribution in [2.24, 2.45) is 4.99 Å². The Labute approximate surface area is 161 Å². The summed E-state index contributed by atoms with van der Waals surface area (Å²) >= 11 is 0. The zero-order chi connectivity index (χ0) is 19.8. The van der Waals surface area contributed by atoms with E-state index in [1.165, 1.54) is 4.90 Å². The molecule has 27 heavy (non-hydrogen) atoms. The van der Waals surface area contributed by atoms with Crippen LogP contribution in [0.1, 0.15) is 12.5 Å². The fourth-order valence-corrected chi connectivity index (χ4v) is 2.34. The second-order valence-corrected chi connectivity index (χ2v) is 6.72. The van der Waals surface area contributed by atoms with Crippen LogP contribution >= 0.6 is 0 Å². The minimum absolute atomic E-state index is 0.0464. The normalized spacial score (nSPS) is 11.2. The van der Waals surface area contributed by atoms with Crippen molar-refractivity contribution >= 4 is 11.9 Å². The third-order valence-electron chi connectivity index (χ3n) is 3.85. The van der Waals surface area contributed by atoms with Crippen LogP contribution in [0.3, 0.4) is 0 Å². The van der Waals surface area contributed by atoms with E-state index in [2.05, 4.69) is 22.0 Å². The zero-order valence-corrected chi connectivity index (χ0v) is 16.5. The number of hydrogen-bond acceptors (Lipinski definition) is 3. The molecule has 0 radical (unpaired) electrons. The van der Waals surface area contributed by atoms with E-state index in [1.807, 2.05) is 66.3 Å². The molecule has 1 heterocycles. The van der Waals surface area contributed by atoms with Gasteiger partial charge in [-0.25, -0.2) is 9.67 Å². The summed E-state index contributed by atoms with van der Waals surface area (Å²) in [7, 11) is 5.38. The number of nitrogens with one attached hydrogen (secondary N) is 1. The number of likely N-dealkylation sites (N-methyl/N-ethyl adjacent to an activating group) is 1. The van der Waals surface area contributed by atoms with Gasteiger partial charge in [-0.2, -0.15) is 5.10 Å². The standard InChI is InChI=1S/C20H28N6O/c1-16(2)11-21-20(22-13-19(27)24(3)4)25(5)14-17-12-23-26(15-17)18-9-7-6-8-10-18/h6-10,12,15H,1,11,13-14H2,2-5H3,(H,21,22). The van der Waals surface area contributed by atoms with Crippen molar-refractivity contribution < 1.29 is 4.79 Å². The van der Waals surface area contributed by atoms with E-state index in [4.69, 9.17) is 0 Å². The fourth-order valence-electron chi connectivity index (χ4n) is 2.34. The van der Waals surface area contributed by atoms with Gasteiger partial charge in [0.2, 0.25) is 5.91 Å². The predicted molar refractivity (Wildman–Crippen MR) is 109 cm³/mol. The number of amides is 1. The van der Waals surface area contributed by atoms with Gasteiger partial charge in [-0.1, -0.05) is 30.4 Å². The Morgan fingerprint density at radius 3 is 2.59 bits per heavy atom. The molecule has 1 aromatic heterocycles. The molecule has 1 amide bonds. The van der Waals surface area contributed by atoms with Gasteiger partial charge in [0.25, 0.3) is 0 Å². The molecule has 144 valence electrons. The second kappa shape index (κ2) is 9.56. The summed E-state index contributed by atoms with van der Waals surface area (Å²) in [6, 6.07) is 9.96. The van der Waals surface area contributed by atoms with Gasteiger partial charge < -0.3 is 15.1 Å². The number of aliphatic imine (C=N–C) groups is 1. The molecule has 2 rings (SSSR count). The number of aromatic nitrogens is 2. The highest BCUT2D eigenvalue weighted by Crippen LogP contribution is 2.09. The first-order valence-corrected chi connectivity index (χ1v) is 8.79. The molecule has 0 atom stereocenters. The maximum atomic E-state index is 11.9. The number of rotatable bonds is 7. The monoisotopic (exact) mass is 368 g/mol. The van der Waals surface area contributed by atoms with Gasteiger partial charge in [-0.05, 0) is 19.1 Å². The minimum Gasteiger partial charge on any atom is -0.353 e. The SMILES string of the molecule is C=C(C)CNC(=NCC(=O)N(C)C)N(C)Cc1cnn(-c2ccccc2)c1. The lowest BCUT2D eigenvalue weighted by Gasteiger charge is -2.22. The summed E-state index contributed by atoms with van der Waals surface area (Å²) in [5.74, 6) is 0.607. The summed E-state index contributed by atoms with van der Waals surface area (Å²) in [6.07, 6.45) is 3.83. The number of guanidine groups is 1. The molecule has 0 saturated carbocycles. The van der Waals surface area contributed by atoms with E-state index in [0.717, 1.165) is 16.8 Å². The average molecular weight is 368 g/mol. The molecule has 0 unspecified atom stereocenters. The first-order valence-electron chi connectivity index (χ1n) is 8.79. The quantitative estimate of drug-likeness (QED) is 0.461. The predicted octanol–water partition coefficient (Wildman–Crippen LogP) is 1.91. The van der Waals surface area contributed by atoms with E-state index < -0.39 is 0 Å². The molecule has 7 nitrogen and oxygen atoms in total. The fraction of sp³-hybridized carbons (Fsp3) is 0.350. The number of hydrogen-bond donors (Lipinski definition) is 1. The van der Waals surface area contributed by atoms with Gasteiger partial charge in [-0.15, -0.1) is 0 Å². The molecule has 0 fully saturated rings. The topological polar surface area (TPSA) is 65.8 Å². The van der Waals surface area contributed by atoms with E-state index in [0.29, 0.717) is 19.0 Å². The number of benzene rings is 1. The van der Waals surface area contributed by atoms with Crippen LogP contribution in [0, 0.1) is 0 Å². The maximum Gasteiger partial charge on any atom is 0.243 e. The molecule has 1 N–H and O–H groups in total. The molecule has 0 aliphatic heterocycles. The van der Waals surface area contributed by atoms with E-state index >= 15 is 0 Å². The Kier molecular flexibility index (Phi) is 7.16. The molecule has 1 aromatic carbocycles. The number of nitrogens with zero attached hydrogens (tertiary/aromatic N) is 5. The lowest BCUT2D eigenvalue weighted by Crippen LogP contribution is -2.40. The Morgan fingerprint density at radius 1 is 1.26 bits per heavy atom. The van der Waals surface area contributed by atoms with Crippen molar-refractivity contribution in [2.45, 2.75) is 13.5 Å². The number of carbonyl (C=O) groups excluding carboxylic acids is 1. The molecule has 0 saturated heterocycles. The van der Waals surface area contributed by atoms with Crippen molar-refractivity contribution in [1.29, 1.82) is 0 Å². The van der Waals surface area contributed by atoms with E-state index in [1.54, 1.807) is 14.1 Å². The van der Waals surface area contributed by atoms with Gasteiger partial charge in [0, 0.05) is 46.0 Å². The number of carbonyl (C=O) groups is 1. The van der Waals surface area contributed by atoms with Crippen LogP contribution in [-0.2, 0) is 11.3 Å². The van der Waals surface area contributed by atoms with Crippen molar-refractivity contribution in [3.05, 3.63) is 60.4 Å². The summed E-state index contributed by atoms with van der Waals surface area (Å²) in [6.45, 7) is 7.16. The summed E-state index contributed by atoms with van der Waals surface area (Å²) in [5, 5.41) is 7.68. The Morgan fingerprint density at radius 2 is 1.96 bits per heavy atom.